The molecule has 0 nitrogen and oxygen atoms in total. The number of rotatable bonds is 10. The van der Waals surface area contributed by atoms with Crippen molar-refractivity contribution >= 4 is 0 Å². The van der Waals surface area contributed by atoms with Crippen molar-refractivity contribution < 1.29 is 51.0 Å². The van der Waals surface area contributed by atoms with E-state index in [9.17, 15) is 0 Å². The standard InChI is InChI=1S/2C15H25.2ClH.Zr/c2*1-6-11-15(7-2,8-3)14-10-9-12(4)13(14)5;;;/h2*6-9,11H2,1-5H3;2*1H;/q2*-1;;;+4/p-2. The molecule has 2 aliphatic carbocycles. The third-order valence-corrected chi connectivity index (χ3v) is 8.32. The Morgan fingerprint density at radius 3 is 1.00 bits per heavy atom. The minimum atomic E-state index is 0. The average molecular weight is 573 g/mol. The quantitative estimate of drug-likeness (QED) is 0.346. The maximum Gasteiger partial charge on any atom is 4.00 e. The molecule has 0 fully saturated rings. The van der Waals surface area contributed by atoms with Crippen molar-refractivity contribution in [3.63, 3.8) is 0 Å². The minimum Gasteiger partial charge on any atom is -1.00 e. The first-order valence-corrected chi connectivity index (χ1v) is 12.8. The second kappa shape index (κ2) is 17.8. The Morgan fingerprint density at radius 1 is 0.576 bits per heavy atom. The van der Waals surface area contributed by atoms with Crippen LogP contribution in [0.3, 0.4) is 0 Å². The molecule has 0 radical (unpaired) electrons. The summed E-state index contributed by atoms with van der Waals surface area (Å²) in [7, 11) is 0. The fraction of sp³-hybridized carbons (Fsp3) is 0.733. The van der Waals surface area contributed by atoms with E-state index in [4.69, 9.17) is 0 Å². The van der Waals surface area contributed by atoms with E-state index in [0.717, 1.165) is 12.8 Å². The maximum absolute atomic E-state index is 3.63. The van der Waals surface area contributed by atoms with E-state index in [0.29, 0.717) is 10.8 Å². The van der Waals surface area contributed by atoms with Crippen molar-refractivity contribution in [1.82, 2.24) is 0 Å². The van der Waals surface area contributed by atoms with Crippen LogP contribution < -0.4 is 24.8 Å². The van der Waals surface area contributed by atoms with Gasteiger partial charge in [0.15, 0.2) is 0 Å². The van der Waals surface area contributed by atoms with Crippen LogP contribution in [0, 0.1) is 23.0 Å². The van der Waals surface area contributed by atoms with E-state index in [-0.39, 0.29) is 51.0 Å². The molecule has 33 heavy (non-hydrogen) atoms. The summed E-state index contributed by atoms with van der Waals surface area (Å²) in [5.74, 6) is 0. The van der Waals surface area contributed by atoms with Crippen molar-refractivity contribution in [3.8, 4) is 0 Å². The van der Waals surface area contributed by atoms with Gasteiger partial charge in [-0.25, -0.2) is 11.1 Å². The fourth-order valence-corrected chi connectivity index (χ4v) is 5.69. The molecule has 0 bridgehead atoms. The number of hydrogen-bond donors (Lipinski definition) is 0. The van der Waals surface area contributed by atoms with E-state index in [1.54, 1.807) is 0 Å². The summed E-state index contributed by atoms with van der Waals surface area (Å²) in [6.07, 6.45) is 19.6. The predicted molar refractivity (Wildman–Crippen MR) is 135 cm³/mol. The van der Waals surface area contributed by atoms with Gasteiger partial charge in [-0.2, -0.15) is 22.3 Å². The van der Waals surface area contributed by atoms with Gasteiger partial charge in [0.05, 0.1) is 0 Å². The molecule has 0 atom stereocenters. The number of hydrogen-bond acceptors (Lipinski definition) is 0. The van der Waals surface area contributed by atoms with Crippen LogP contribution in [0.4, 0.5) is 0 Å². The van der Waals surface area contributed by atoms with Gasteiger partial charge in [-0.1, -0.05) is 68.2 Å². The van der Waals surface area contributed by atoms with Gasteiger partial charge in [0.1, 0.15) is 0 Å². The Labute approximate surface area is 239 Å². The summed E-state index contributed by atoms with van der Waals surface area (Å²) in [6.45, 7) is 22.9. The minimum absolute atomic E-state index is 0. The smallest absolute Gasteiger partial charge is 1.00 e. The van der Waals surface area contributed by atoms with E-state index >= 15 is 0 Å². The van der Waals surface area contributed by atoms with Crippen LogP contribution >= 0.6 is 0 Å². The van der Waals surface area contributed by atoms with E-state index in [2.05, 4.69) is 81.4 Å². The summed E-state index contributed by atoms with van der Waals surface area (Å²) in [6, 6.07) is 0. The van der Waals surface area contributed by atoms with E-state index < -0.39 is 0 Å². The molecule has 0 unspecified atom stereocenters. The molecule has 188 valence electrons. The molecule has 0 heterocycles. The van der Waals surface area contributed by atoms with Crippen molar-refractivity contribution in [3.05, 3.63) is 45.6 Å². The maximum atomic E-state index is 3.63. The molecule has 0 saturated carbocycles. The third-order valence-electron chi connectivity index (χ3n) is 8.32. The molecule has 0 amide bonds. The first kappa shape index (κ1) is 38.0. The Bertz CT molecular complexity index is 626. The molecule has 2 rings (SSSR count). The third kappa shape index (κ3) is 8.79. The first-order chi connectivity index (χ1) is 14.2. The summed E-state index contributed by atoms with van der Waals surface area (Å²) >= 11 is 0. The molecule has 2 aliphatic rings. The fourth-order valence-electron chi connectivity index (χ4n) is 5.69. The number of allylic oxidation sites excluding steroid dienone is 8. The second-order valence-electron chi connectivity index (χ2n) is 9.74. The summed E-state index contributed by atoms with van der Waals surface area (Å²) in [5, 5.41) is 0. The van der Waals surface area contributed by atoms with Crippen molar-refractivity contribution in [2.24, 2.45) is 10.8 Å². The first-order valence-electron chi connectivity index (χ1n) is 12.8. The largest absolute Gasteiger partial charge is 4.00 e. The Hall–Kier alpha value is 0.423. The van der Waals surface area contributed by atoms with Gasteiger partial charge in [-0.15, -0.1) is 26.7 Å². The zero-order chi connectivity index (χ0) is 22.9. The molecule has 0 aromatic rings. The predicted octanol–water partition coefficient (Wildman–Crippen LogP) is 4.13. The molecule has 3 heteroatoms. The molecule has 0 saturated heterocycles. The Balaban J connectivity index is -0.000000500. The molecule has 0 spiro atoms. The Morgan fingerprint density at radius 2 is 0.848 bits per heavy atom. The van der Waals surface area contributed by atoms with Crippen LogP contribution in [0.25, 0.3) is 0 Å². The van der Waals surface area contributed by atoms with Gasteiger partial charge in [0.2, 0.25) is 0 Å². The van der Waals surface area contributed by atoms with Gasteiger partial charge < -0.3 is 24.8 Å². The van der Waals surface area contributed by atoms with Crippen LogP contribution in [-0.2, 0) is 26.2 Å². The van der Waals surface area contributed by atoms with Gasteiger partial charge >= 0.3 is 26.2 Å². The van der Waals surface area contributed by atoms with Crippen LogP contribution in [0.15, 0.2) is 33.4 Å². The molecule has 0 aromatic carbocycles. The van der Waals surface area contributed by atoms with Crippen LogP contribution in [-0.4, -0.2) is 0 Å². The normalized spacial score (nSPS) is 15.7. The molecular formula is C30H50Cl2Zr. The molecule has 0 N–H and O–H groups in total. The van der Waals surface area contributed by atoms with Crippen LogP contribution in [0.5, 0.6) is 0 Å². The molecule has 0 aromatic heterocycles. The number of halogens is 2. The van der Waals surface area contributed by atoms with Crippen LogP contribution in [0.1, 0.15) is 133 Å². The van der Waals surface area contributed by atoms with Crippen LogP contribution in [0.2, 0.25) is 0 Å². The summed E-state index contributed by atoms with van der Waals surface area (Å²) < 4.78 is 0. The monoisotopic (exact) mass is 570 g/mol. The summed E-state index contributed by atoms with van der Waals surface area (Å²) in [5.41, 5.74) is 9.98. The van der Waals surface area contributed by atoms with Gasteiger partial charge in [0.25, 0.3) is 0 Å². The zero-order valence-corrected chi connectivity index (χ0v) is 27.3. The van der Waals surface area contributed by atoms with E-state index in [1.807, 2.05) is 0 Å². The van der Waals surface area contributed by atoms with Gasteiger partial charge in [-0.3, -0.25) is 12.2 Å². The average Bonchev–Trinajstić information content (AvgIpc) is 3.27. The summed E-state index contributed by atoms with van der Waals surface area (Å²) in [4.78, 5) is 0. The van der Waals surface area contributed by atoms with E-state index in [1.165, 1.54) is 84.8 Å². The molecule has 0 aliphatic heterocycles. The Kier molecular flexibility index (Phi) is 20.5. The topological polar surface area (TPSA) is 0 Å². The van der Waals surface area contributed by atoms with Gasteiger partial charge in [0, 0.05) is 0 Å². The van der Waals surface area contributed by atoms with Crippen molar-refractivity contribution in [2.75, 3.05) is 0 Å². The SMILES string of the molecule is CCCC(CC)(CC)C1=[C-]CC(C)=C1C.CCCC(CC)(CC)C1=[C-]CC(C)=C1C.[Cl-].[Cl-].[Zr+4]. The zero-order valence-electron chi connectivity index (χ0n) is 23.3. The van der Waals surface area contributed by atoms with Crippen molar-refractivity contribution in [1.29, 1.82) is 0 Å². The molecular weight excluding hydrogens is 522 g/mol. The van der Waals surface area contributed by atoms with Crippen molar-refractivity contribution in [2.45, 2.75) is 133 Å². The van der Waals surface area contributed by atoms with Gasteiger partial charge in [-0.05, 0) is 49.4 Å². The second-order valence-corrected chi connectivity index (χ2v) is 9.74.